The molecule has 1 aromatic rings. The van der Waals surface area contributed by atoms with E-state index in [1.54, 1.807) is 13.0 Å². The zero-order valence-corrected chi connectivity index (χ0v) is 8.73. The van der Waals surface area contributed by atoms with E-state index in [-0.39, 0.29) is 5.82 Å². The second-order valence-corrected chi connectivity index (χ2v) is 3.60. The molecule has 0 unspecified atom stereocenters. The van der Waals surface area contributed by atoms with Gasteiger partial charge in [-0.2, -0.15) is 0 Å². The minimum absolute atomic E-state index is 0.157. The van der Waals surface area contributed by atoms with Crippen LogP contribution in [0.2, 0.25) is 0 Å². The Kier molecular flexibility index (Phi) is 3.69. The molecule has 76 valence electrons. The molecule has 0 saturated heterocycles. The minimum Gasteiger partial charge on any atom is -0.385 e. The Labute approximate surface area is 84.6 Å². The van der Waals surface area contributed by atoms with E-state index in [9.17, 15) is 4.39 Å². The zero-order valence-electron chi connectivity index (χ0n) is 8.73. The Bertz CT molecular complexity index is 331. The first-order valence-corrected chi connectivity index (χ1v) is 4.74. The maximum absolute atomic E-state index is 12.9. The lowest BCUT2D eigenvalue weighted by Gasteiger charge is -2.07. The third-order valence-corrected chi connectivity index (χ3v) is 2.04. The summed E-state index contributed by atoms with van der Waals surface area (Å²) in [5, 5.41) is 3.22. The van der Waals surface area contributed by atoms with Crippen LogP contribution < -0.4 is 5.32 Å². The molecule has 2 heteroatoms. The van der Waals surface area contributed by atoms with Crippen LogP contribution in [0.15, 0.2) is 30.4 Å². The Morgan fingerprint density at radius 3 is 2.79 bits per heavy atom. The largest absolute Gasteiger partial charge is 0.385 e. The van der Waals surface area contributed by atoms with Crippen molar-refractivity contribution in [2.75, 3.05) is 11.9 Å². The summed E-state index contributed by atoms with van der Waals surface area (Å²) in [6.07, 6.45) is 0.941. The van der Waals surface area contributed by atoms with Gasteiger partial charge in [-0.1, -0.05) is 5.57 Å². The van der Waals surface area contributed by atoms with Crippen molar-refractivity contribution in [1.29, 1.82) is 0 Å². The molecule has 1 rings (SSSR count). The van der Waals surface area contributed by atoms with Crippen LogP contribution in [0.3, 0.4) is 0 Å². The van der Waals surface area contributed by atoms with Crippen molar-refractivity contribution in [3.63, 3.8) is 0 Å². The van der Waals surface area contributed by atoms with Crippen molar-refractivity contribution < 1.29 is 4.39 Å². The number of benzene rings is 1. The number of hydrogen-bond donors (Lipinski definition) is 1. The third kappa shape index (κ3) is 3.21. The lowest BCUT2D eigenvalue weighted by Crippen LogP contribution is -2.02. The molecule has 0 aliphatic carbocycles. The molecule has 0 aliphatic rings. The molecule has 0 fully saturated rings. The number of rotatable bonds is 4. The fraction of sp³-hybridized carbons (Fsp3) is 0.333. The molecule has 1 nitrogen and oxygen atoms in total. The number of anilines is 1. The topological polar surface area (TPSA) is 12.0 Å². The maximum atomic E-state index is 12.9. The Morgan fingerprint density at radius 2 is 2.21 bits per heavy atom. The van der Waals surface area contributed by atoms with E-state index in [1.165, 1.54) is 6.07 Å². The van der Waals surface area contributed by atoms with Crippen molar-refractivity contribution >= 4 is 5.69 Å². The highest BCUT2D eigenvalue weighted by Crippen LogP contribution is 2.13. The molecule has 0 bridgehead atoms. The van der Waals surface area contributed by atoms with Crippen molar-refractivity contribution in [3.8, 4) is 0 Å². The highest BCUT2D eigenvalue weighted by molar-refractivity contribution is 5.45. The van der Waals surface area contributed by atoms with E-state index < -0.39 is 0 Å². The molecule has 0 spiro atoms. The second-order valence-electron chi connectivity index (χ2n) is 3.60. The fourth-order valence-electron chi connectivity index (χ4n) is 1.17. The summed E-state index contributed by atoms with van der Waals surface area (Å²) in [6.45, 7) is 8.43. The summed E-state index contributed by atoms with van der Waals surface area (Å²) in [5.41, 5.74) is 2.78. The summed E-state index contributed by atoms with van der Waals surface area (Å²) in [7, 11) is 0. The molecule has 0 aliphatic heterocycles. The van der Waals surface area contributed by atoms with E-state index in [1.807, 2.05) is 13.0 Å². The molecule has 0 amide bonds. The SMILES string of the molecule is C=C(C)CCNc1ccc(F)c(C)c1. The Hall–Kier alpha value is -1.31. The summed E-state index contributed by atoms with van der Waals surface area (Å²) in [6, 6.07) is 5.05. The van der Waals surface area contributed by atoms with E-state index in [0.717, 1.165) is 24.2 Å². The van der Waals surface area contributed by atoms with Crippen molar-refractivity contribution in [2.24, 2.45) is 0 Å². The van der Waals surface area contributed by atoms with Gasteiger partial charge < -0.3 is 5.32 Å². The number of aryl methyl sites for hydroxylation is 1. The molecule has 0 heterocycles. The highest BCUT2D eigenvalue weighted by Gasteiger charge is 1.97. The molecule has 0 radical (unpaired) electrons. The second kappa shape index (κ2) is 4.80. The van der Waals surface area contributed by atoms with Crippen LogP contribution >= 0.6 is 0 Å². The fourth-order valence-corrected chi connectivity index (χ4v) is 1.17. The first-order valence-electron chi connectivity index (χ1n) is 4.74. The monoisotopic (exact) mass is 193 g/mol. The van der Waals surface area contributed by atoms with Gasteiger partial charge in [0.2, 0.25) is 0 Å². The smallest absolute Gasteiger partial charge is 0.126 e. The average Bonchev–Trinajstić information content (AvgIpc) is 2.10. The molecule has 0 aromatic heterocycles. The van der Waals surface area contributed by atoms with Crippen molar-refractivity contribution in [2.45, 2.75) is 20.3 Å². The minimum atomic E-state index is -0.157. The first kappa shape index (κ1) is 10.8. The molecule has 0 saturated carbocycles. The van der Waals surface area contributed by atoms with Gasteiger partial charge in [-0.3, -0.25) is 0 Å². The lowest BCUT2D eigenvalue weighted by atomic mass is 10.2. The zero-order chi connectivity index (χ0) is 10.6. The number of halogens is 1. The van der Waals surface area contributed by atoms with Gasteiger partial charge in [0.05, 0.1) is 0 Å². The van der Waals surface area contributed by atoms with Gasteiger partial charge in [0.25, 0.3) is 0 Å². The summed E-state index contributed by atoms with van der Waals surface area (Å²) in [4.78, 5) is 0. The highest BCUT2D eigenvalue weighted by atomic mass is 19.1. The van der Waals surface area contributed by atoms with Crippen molar-refractivity contribution in [3.05, 3.63) is 41.7 Å². The van der Waals surface area contributed by atoms with Gasteiger partial charge >= 0.3 is 0 Å². The molecule has 1 N–H and O–H groups in total. The maximum Gasteiger partial charge on any atom is 0.126 e. The Balaban J connectivity index is 2.51. The van der Waals surface area contributed by atoms with Crippen LogP contribution in [-0.2, 0) is 0 Å². The van der Waals surface area contributed by atoms with Crippen LogP contribution in [0.1, 0.15) is 18.9 Å². The van der Waals surface area contributed by atoms with Crippen LogP contribution in [0.5, 0.6) is 0 Å². The van der Waals surface area contributed by atoms with Gasteiger partial charge in [0, 0.05) is 12.2 Å². The van der Waals surface area contributed by atoms with Crippen LogP contribution in [0, 0.1) is 12.7 Å². The van der Waals surface area contributed by atoms with Gasteiger partial charge in [0.15, 0.2) is 0 Å². The summed E-state index contributed by atoms with van der Waals surface area (Å²) < 4.78 is 12.9. The standard InChI is InChI=1S/C12H16FN/c1-9(2)6-7-14-11-4-5-12(13)10(3)8-11/h4-5,8,14H,1,6-7H2,2-3H3. The normalized spacial score (nSPS) is 9.93. The van der Waals surface area contributed by atoms with Crippen LogP contribution in [-0.4, -0.2) is 6.54 Å². The van der Waals surface area contributed by atoms with E-state index in [4.69, 9.17) is 0 Å². The lowest BCUT2D eigenvalue weighted by molar-refractivity contribution is 0.618. The summed E-state index contributed by atoms with van der Waals surface area (Å²) in [5.74, 6) is -0.157. The van der Waals surface area contributed by atoms with Crippen LogP contribution in [0.25, 0.3) is 0 Å². The van der Waals surface area contributed by atoms with Gasteiger partial charge in [-0.25, -0.2) is 4.39 Å². The van der Waals surface area contributed by atoms with E-state index >= 15 is 0 Å². The average molecular weight is 193 g/mol. The molecule has 14 heavy (non-hydrogen) atoms. The molecular weight excluding hydrogens is 177 g/mol. The van der Waals surface area contributed by atoms with E-state index in [2.05, 4.69) is 11.9 Å². The summed E-state index contributed by atoms with van der Waals surface area (Å²) >= 11 is 0. The Morgan fingerprint density at radius 1 is 1.50 bits per heavy atom. The quantitative estimate of drug-likeness (QED) is 0.721. The third-order valence-electron chi connectivity index (χ3n) is 2.04. The predicted octanol–water partition coefficient (Wildman–Crippen LogP) is 3.51. The van der Waals surface area contributed by atoms with Gasteiger partial charge in [-0.05, 0) is 44.0 Å². The van der Waals surface area contributed by atoms with Gasteiger partial charge in [0.1, 0.15) is 5.82 Å². The van der Waals surface area contributed by atoms with Gasteiger partial charge in [-0.15, -0.1) is 6.58 Å². The number of hydrogen-bond acceptors (Lipinski definition) is 1. The predicted molar refractivity (Wildman–Crippen MR) is 59.1 cm³/mol. The van der Waals surface area contributed by atoms with E-state index in [0.29, 0.717) is 5.56 Å². The first-order chi connectivity index (χ1) is 6.59. The van der Waals surface area contributed by atoms with Crippen molar-refractivity contribution in [1.82, 2.24) is 0 Å². The molecular formula is C12H16FN. The molecule has 0 atom stereocenters. The van der Waals surface area contributed by atoms with Crippen LogP contribution in [0.4, 0.5) is 10.1 Å². The molecule has 1 aromatic carbocycles. The number of nitrogens with one attached hydrogen (secondary N) is 1.